The smallest absolute Gasteiger partial charge is 0.307 e. The molecule has 1 aliphatic rings. The Labute approximate surface area is 137 Å². The van der Waals surface area contributed by atoms with E-state index in [9.17, 15) is 4.79 Å². The summed E-state index contributed by atoms with van der Waals surface area (Å²) in [5.41, 5.74) is 3.96. The van der Waals surface area contributed by atoms with Gasteiger partial charge in [-0.05, 0) is 30.7 Å². The normalized spacial score (nSPS) is 13.6. The van der Waals surface area contributed by atoms with Gasteiger partial charge in [-0.3, -0.25) is 9.88 Å². The highest BCUT2D eigenvalue weighted by molar-refractivity contribution is 7.13. The van der Waals surface area contributed by atoms with E-state index in [0.717, 1.165) is 22.0 Å². The predicted molar refractivity (Wildman–Crippen MR) is 91.7 cm³/mol. The molecule has 0 saturated carbocycles. The van der Waals surface area contributed by atoms with Crippen LogP contribution in [0.15, 0.2) is 48.0 Å². The van der Waals surface area contributed by atoms with Gasteiger partial charge in [0.1, 0.15) is 10.8 Å². The first kappa shape index (κ1) is 13.9. The lowest BCUT2D eigenvalue weighted by Crippen LogP contribution is -2.38. The van der Waals surface area contributed by atoms with E-state index in [4.69, 9.17) is 0 Å². The minimum atomic E-state index is -0.153. The number of anilines is 2. The fourth-order valence-electron chi connectivity index (χ4n) is 2.58. The number of pyridine rings is 1. The summed E-state index contributed by atoms with van der Waals surface area (Å²) in [6.07, 6.45) is 1.74. The van der Waals surface area contributed by atoms with Crippen molar-refractivity contribution in [3.8, 4) is 10.7 Å². The summed E-state index contributed by atoms with van der Waals surface area (Å²) >= 11 is 1.49. The van der Waals surface area contributed by atoms with Crippen molar-refractivity contribution in [3.05, 3.63) is 59.1 Å². The lowest BCUT2D eigenvalue weighted by atomic mass is 10.1. The molecule has 0 fully saturated rings. The second kappa shape index (κ2) is 5.48. The van der Waals surface area contributed by atoms with Crippen molar-refractivity contribution in [2.24, 2.45) is 0 Å². The molecule has 0 saturated heterocycles. The first-order valence-electron chi connectivity index (χ1n) is 7.26. The van der Waals surface area contributed by atoms with Crippen LogP contribution in [0.25, 0.3) is 10.7 Å². The molecule has 1 aliphatic heterocycles. The van der Waals surface area contributed by atoms with Gasteiger partial charge in [0.05, 0.1) is 12.2 Å². The van der Waals surface area contributed by atoms with Crippen LogP contribution in [0.2, 0.25) is 0 Å². The van der Waals surface area contributed by atoms with Crippen molar-refractivity contribution >= 4 is 28.9 Å². The number of rotatable bonds is 2. The number of thiazole rings is 1. The van der Waals surface area contributed by atoms with Crippen molar-refractivity contribution in [2.45, 2.75) is 13.5 Å². The van der Waals surface area contributed by atoms with E-state index in [-0.39, 0.29) is 6.03 Å². The van der Waals surface area contributed by atoms with Crippen LogP contribution in [-0.2, 0) is 6.54 Å². The molecule has 114 valence electrons. The van der Waals surface area contributed by atoms with E-state index in [1.165, 1.54) is 16.9 Å². The van der Waals surface area contributed by atoms with E-state index in [0.29, 0.717) is 12.4 Å². The molecule has 6 heteroatoms. The van der Waals surface area contributed by atoms with Gasteiger partial charge in [0.2, 0.25) is 0 Å². The van der Waals surface area contributed by atoms with E-state index < -0.39 is 0 Å². The molecule has 1 aromatic carbocycles. The van der Waals surface area contributed by atoms with Gasteiger partial charge in [-0.1, -0.05) is 23.8 Å². The number of carbonyl (C=O) groups excluding carboxylic acids is 1. The summed E-state index contributed by atoms with van der Waals surface area (Å²) in [7, 11) is 0. The van der Waals surface area contributed by atoms with Gasteiger partial charge in [0.15, 0.2) is 0 Å². The Morgan fingerprint density at radius 3 is 3.00 bits per heavy atom. The van der Waals surface area contributed by atoms with Gasteiger partial charge in [0, 0.05) is 17.3 Å². The maximum atomic E-state index is 12.4. The van der Waals surface area contributed by atoms with E-state index in [1.54, 1.807) is 11.1 Å². The Morgan fingerprint density at radius 2 is 2.17 bits per heavy atom. The molecule has 23 heavy (non-hydrogen) atoms. The summed E-state index contributed by atoms with van der Waals surface area (Å²) in [4.78, 5) is 22.9. The molecular formula is C17H14N4OS. The van der Waals surface area contributed by atoms with Crippen molar-refractivity contribution in [2.75, 3.05) is 10.2 Å². The maximum absolute atomic E-state index is 12.4. The number of carbonyl (C=O) groups is 1. The van der Waals surface area contributed by atoms with Gasteiger partial charge in [-0.2, -0.15) is 0 Å². The second-order valence-corrected chi connectivity index (χ2v) is 6.26. The molecule has 0 bridgehead atoms. The van der Waals surface area contributed by atoms with Gasteiger partial charge in [0.25, 0.3) is 0 Å². The number of aromatic nitrogens is 2. The summed E-state index contributed by atoms with van der Waals surface area (Å²) < 4.78 is 0. The molecule has 2 amide bonds. The molecule has 0 atom stereocenters. The summed E-state index contributed by atoms with van der Waals surface area (Å²) in [6.45, 7) is 2.57. The molecule has 3 aromatic rings. The molecule has 0 unspecified atom stereocenters. The summed E-state index contributed by atoms with van der Waals surface area (Å²) in [5.74, 6) is 0.653. The molecule has 3 heterocycles. The zero-order chi connectivity index (χ0) is 15.8. The van der Waals surface area contributed by atoms with Crippen LogP contribution >= 0.6 is 11.3 Å². The van der Waals surface area contributed by atoms with Gasteiger partial charge < -0.3 is 5.32 Å². The third-order valence-electron chi connectivity index (χ3n) is 3.73. The highest BCUT2D eigenvalue weighted by Crippen LogP contribution is 2.31. The lowest BCUT2D eigenvalue weighted by Gasteiger charge is -2.28. The van der Waals surface area contributed by atoms with E-state index in [1.807, 2.05) is 42.6 Å². The highest BCUT2D eigenvalue weighted by atomic mass is 32.1. The Balaban J connectivity index is 1.66. The lowest BCUT2D eigenvalue weighted by molar-refractivity contribution is 0.256. The third kappa shape index (κ3) is 2.57. The van der Waals surface area contributed by atoms with Crippen molar-refractivity contribution < 1.29 is 4.79 Å². The molecule has 5 nitrogen and oxygen atoms in total. The molecule has 1 N–H and O–H groups in total. The predicted octanol–water partition coefficient (Wildman–Crippen LogP) is 4.07. The quantitative estimate of drug-likeness (QED) is 0.774. The zero-order valence-electron chi connectivity index (χ0n) is 12.5. The molecule has 4 rings (SSSR count). The Bertz CT molecular complexity index is 875. The minimum absolute atomic E-state index is 0.153. The number of benzene rings is 1. The first-order chi connectivity index (χ1) is 11.2. The van der Waals surface area contributed by atoms with Crippen LogP contribution in [0.3, 0.4) is 0 Å². The molecule has 2 aromatic heterocycles. The number of fused-ring (bicyclic) bond motifs is 1. The third-order valence-corrected chi connectivity index (χ3v) is 4.58. The van der Waals surface area contributed by atoms with Crippen LogP contribution in [0.1, 0.15) is 11.1 Å². The van der Waals surface area contributed by atoms with Crippen LogP contribution in [0.5, 0.6) is 0 Å². The number of nitrogens with zero attached hydrogens (tertiary/aromatic N) is 3. The largest absolute Gasteiger partial charge is 0.327 e. The van der Waals surface area contributed by atoms with Gasteiger partial charge >= 0.3 is 6.03 Å². The number of hydrogen-bond acceptors (Lipinski definition) is 4. The number of hydrogen-bond donors (Lipinski definition) is 1. The van der Waals surface area contributed by atoms with Crippen molar-refractivity contribution in [1.82, 2.24) is 9.97 Å². The van der Waals surface area contributed by atoms with Crippen LogP contribution in [0, 0.1) is 6.92 Å². The van der Waals surface area contributed by atoms with Crippen LogP contribution in [-0.4, -0.2) is 16.0 Å². The molecule has 0 radical (unpaired) electrons. The monoisotopic (exact) mass is 322 g/mol. The van der Waals surface area contributed by atoms with E-state index >= 15 is 0 Å². The topological polar surface area (TPSA) is 58.1 Å². The molecular weight excluding hydrogens is 308 g/mol. The fraction of sp³-hybridized carbons (Fsp3) is 0.118. The summed E-state index contributed by atoms with van der Waals surface area (Å²) in [5, 5.41) is 5.62. The Hall–Kier alpha value is -2.73. The molecule has 0 aliphatic carbocycles. The number of nitrogens with one attached hydrogen (secondary N) is 1. The fourth-order valence-corrected chi connectivity index (χ4v) is 3.37. The average Bonchev–Trinajstić information content (AvgIpc) is 3.05. The summed E-state index contributed by atoms with van der Waals surface area (Å²) in [6, 6.07) is 11.6. The average molecular weight is 322 g/mol. The number of aryl methyl sites for hydroxylation is 1. The van der Waals surface area contributed by atoms with Gasteiger partial charge in [-0.15, -0.1) is 11.3 Å². The minimum Gasteiger partial charge on any atom is -0.307 e. The van der Waals surface area contributed by atoms with Gasteiger partial charge in [-0.25, -0.2) is 9.78 Å². The van der Waals surface area contributed by atoms with Crippen LogP contribution < -0.4 is 10.2 Å². The van der Waals surface area contributed by atoms with E-state index in [2.05, 4.69) is 21.4 Å². The SMILES string of the molecule is Cc1ccc2c(c1)CN(c1csc(-c3ccccn3)n1)C(=O)N2. The highest BCUT2D eigenvalue weighted by Gasteiger charge is 2.25. The molecule has 0 spiro atoms. The van der Waals surface area contributed by atoms with Crippen LogP contribution in [0.4, 0.5) is 16.3 Å². The maximum Gasteiger partial charge on any atom is 0.327 e. The standard InChI is InChI=1S/C17H14N4OS/c1-11-5-6-13-12(8-11)9-21(17(22)19-13)15-10-23-16(20-15)14-4-2-3-7-18-14/h2-8,10H,9H2,1H3,(H,19,22). The van der Waals surface area contributed by atoms with Crippen molar-refractivity contribution in [3.63, 3.8) is 0 Å². The first-order valence-corrected chi connectivity index (χ1v) is 8.14. The zero-order valence-corrected chi connectivity index (χ0v) is 13.3. The number of amides is 2. The van der Waals surface area contributed by atoms with Crippen molar-refractivity contribution in [1.29, 1.82) is 0 Å². The second-order valence-electron chi connectivity index (χ2n) is 5.40. The Kier molecular flexibility index (Phi) is 3.31. The number of urea groups is 1. The Morgan fingerprint density at radius 1 is 1.26 bits per heavy atom.